The second kappa shape index (κ2) is 11.2. The maximum absolute atomic E-state index is 9.85. The zero-order valence-corrected chi connectivity index (χ0v) is 13.6. The highest BCUT2D eigenvalue weighted by molar-refractivity contribution is 5.13. The van der Waals surface area contributed by atoms with E-state index in [0.29, 0.717) is 32.7 Å². The van der Waals surface area contributed by atoms with Crippen LogP contribution in [0.15, 0.2) is 30.3 Å². The highest BCUT2D eigenvalue weighted by Crippen LogP contribution is 2.13. The molecule has 0 aliphatic carbocycles. The van der Waals surface area contributed by atoms with Crippen LogP contribution in [0.4, 0.5) is 0 Å². The van der Waals surface area contributed by atoms with Crippen LogP contribution in [0.25, 0.3) is 0 Å². The Bertz CT molecular complexity index is 471. The molecular weight excluding hydrogens is 292 g/mol. The van der Waals surface area contributed by atoms with Crippen LogP contribution in [0.5, 0.6) is 0 Å². The van der Waals surface area contributed by atoms with Gasteiger partial charge in [0, 0.05) is 19.6 Å². The number of rotatable bonds is 8. The second-order valence-corrected chi connectivity index (χ2v) is 5.65. The molecule has 1 aliphatic heterocycles. The third-order valence-corrected chi connectivity index (χ3v) is 3.65. The minimum atomic E-state index is -0.454. The molecule has 4 heteroatoms. The lowest BCUT2D eigenvalue weighted by atomic mass is 10.2. The van der Waals surface area contributed by atoms with Gasteiger partial charge in [-0.25, -0.2) is 0 Å². The van der Waals surface area contributed by atoms with E-state index >= 15 is 0 Å². The summed E-state index contributed by atoms with van der Waals surface area (Å²) in [7, 11) is 0. The fraction of sp³-hybridized carbons (Fsp3) is 0.579. The molecule has 0 amide bonds. The Balaban J connectivity index is 1.48. The van der Waals surface area contributed by atoms with Crippen LogP contribution >= 0.6 is 0 Å². The topological polar surface area (TPSA) is 47.9 Å². The maximum atomic E-state index is 9.85. The Morgan fingerprint density at radius 1 is 1.22 bits per heavy atom. The molecule has 1 aromatic carbocycles. The van der Waals surface area contributed by atoms with Crippen molar-refractivity contribution in [3.63, 3.8) is 0 Å². The number of benzene rings is 1. The van der Waals surface area contributed by atoms with Gasteiger partial charge in [0.2, 0.25) is 0 Å². The Hall–Kier alpha value is -1.38. The van der Waals surface area contributed by atoms with E-state index in [0.717, 1.165) is 31.4 Å². The molecule has 1 fully saturated rings. The van der Waals surface area contributed by atoms with Crippen molar-refractivity contribution in [2.45, 2.75) is 51.1 Å². The molecule has 1 aliphatic rings. The van der Waals surface area contributed by atoms with Crippen LogP contribution in [0.3, 0.4) is 0 Å². The predicted octanol–water partition coefficient (Wildman–Crippen LogP) is 2.89. The van der Waals surface area contributed by atoms with Crippen molar-refractivity contribution >= 4 is 0 Å². The van der Waals surface area contributed by atoms with Crippen molar-refractivity contribution in [2.75, 3.05) is 19.8 Å². The highest BCUT2D eigenvalue weighted by Gasteiger charge is 2.12. The number of aliphatic hydroxyl groups excluding tert-OH is 1. The van der Waals surface area contributed by atoms with E-state index in [1.54, 1.807) is 0 Å². The van der Waals surface area contributed by atoms with Gasteiger partial charge in [-0.05, 0) is 31.2 Å². The highest BCUT2D eigenvalue weighted by atomic mass is 16.7. The quantitative estimate of drug-likeness (QED) is 0.591. The van der Waals surface area contributed by atoms with Gasteiger partial charge in [0.1, 0.15) is 6.61 Å². The molecule has 23 heavy (non-hydrogen) atoms. The van der Waals surface area contributed by atoms with E-state index in [9.17, 15) is 5.11 Å². The fourth-order valence-electron chi connectivity index (χ4n) is 2.30. The van der Waals surface area contributed by atoms with Gasteiger partial charge in [-0.1, -0.05) is 42.2 Å². The molecule has 4 nitrogen and oxygen atoms in total. The molecule has 0 saturated carbocycles. The number of ether oxygens (including phenoxy) is 3. The van der Waals surface area contributed by atoms with Gasteiger partial charge in [-0.2, -0.15) is 0 Å². The summed E-state index contributed by atoms with van der Waals surface area (Å²) in [5, 5.41) is 9.85. The van der Waals surface area contributed by atoms with Crippen molar-refractivity contribution in [1.82, 2.24) is 0 Å². The number of hydrogen-bond acceptors (Lipinski definition) is 4. The lowest BCUT2D eigenvalue weighted by Crippen LogP contribution is -2.22. The van der Waals surface area contributed by atoms with Crippen LogP contribution in [-0.2, 0) is 20.8 Å². The van der Waals surface area contributed by atoms with Gasteiger partial charge >= 0.3 is 0 Å². The molecule has 2 rings (SSSR count). The van der Waals surface area contributed by atoms with Crippen molar-refractivity contribution in [2.24, 2.45) is 0 Å². The predicted molar refractivity (Wildman–Crippen MR) is 88.7 cm³/mol. The van der Waals surface area contributed by atoms with E-state index < -0.39 is 6.10 Å². The van der Waals surface area contributed by atoms with Crippen LogP contribution in [0, 0.1) is 11.8 Å². The SMILES string of the molecule is O[C@@H](CC#CCOC1CCCCO1)CCOCc1ccccc1. The van der Waals surface area contributed by atoms with Gasteiger partial charge in [0.25, 0.3) is 0 Å². The molecule has 1 heterocycles. The van der Waals surface area contributed by atoms with Gasteiger partial charge in [-0.15, -0.1) is 0 Å². The van der Waals surface area contributed by atoms with E-state index in [1.807, 2.05) is 30.3 Å². The van der Waals surface area contributed by atoms with Crippen LogP contribution in [-0.4, -0.2) is 37.3 Å². The molecule has 1 unspecified atom stereocenters. The normalized spacial score (nSPS) is 18.9. The summed E-state index contributed by atoms with van der Waals surface area (Å²) in [6.45, 7) is 2.25. The van der Waals surface area contributed by atoms with Crippen LogP contribution in [0.2, 0.25) is 0 Å². The second-order valence-electron chi connectivity index (χ2n) is 5.65. The lowest BCUT2D eigenvalue weighted by molar-refractivity contribution is -0.154. The minimum Gasteiger partial charge on any atom is -0.392 e. The van der Waals surface area contributed by atoms with Gasteiger partial charge in [0.05, 0.1) is 12.7 Å². The van der Waals surface area contributed by atoms with Gasteiger partial charge in [-0.3, -0.25) is 0 Å². The average molecular weight is 318 g/mol. The lowest BCUT2D eigenvalue weighted by Gasteiger charge is -2.21. The molecule has 0 aromatic heterocycles. The summed E-state index contributed by atoms with van der Waals surface area (Å²) in [5.41, 5.74) is 1.14. The first kappa shape index (κ1) is 18.0. The van der Waals surface area contributed by atoms with Crippen molar-refractivity contribution in [3.8, 4) is 11.8 Å². The van der Waals surface area contributed by atoms with Crippen molar-refractivity contribution < 1.29 is 19.3 Å². The Labute approximate surface area is 138 Å². The summed E-state index contributed by atoms with van der Waals surface area (Å²) in [4.78, 5) is 0. The number of hydrogen-bond donors (Lipinski definition) is 1. The first-order valence-corrected chi connectivity index (χ1v) is 8.33. The molecule has 1 saturated heterocycles. The zero-order chi connectivity index (χ0) is 16.2. The Morgan fingerprint density at radius 3 is 2.87 bits per heavy atom. The molecule has 0 radical (unpaired) electrons. The summed E-state index contributed by atoms with van der Waals surface area (Å²) in [6.07, 6.45) is 3.70. The molecule has 126 valence electrons. The van der Waals surface area contributed by atoms with Gasteiger partial charge in [0.15, 0.2) is 6.29 Å². The zero-order valence-electron chi connectivity index (χ0n) is 13.6. The molecule has 1 N–H and O–H groups in total. The third kappa shape index (κ3) is 8.15. The van der Waals surface area contributed by atoms with Gasteiger partial charge < -0.3 is 19.3 Å². The minimum absolute atomic E-state index is 0.102. The van der Waals surface area contributed by atoms with Crippen LogP contribution in [0.1, 0.15) is 37.7 Å². The molecule has 0 spiro atoms. The summed E-state index contributed by atoms with van der Waals surface area (Å²) in [5.74, 6) is 5.87. The van der Waals surface area contributed by atoms with Crippen molar-refractivity contribution in [1.29, 1.82) is 0 Å². The van der Waals surface area contributed by atoms with E-state index in [-0.39, 0.29) is 6.29 Å². The van der Waals surface area contributed by atoms with Crippen molar-refractivity contribution in [3.05, 3.63) is 35.9 Å². The molecular formula is C19H26O4. The number of aliphatic hydroxyl groups is 1. The molecule has 0 bridgehead atoms. The van der Waals surface area contributed by atoms with E-state index in [1.165, 1.54) is 0 Å². The first-order valence-electron chi connectivity index (χ1n) is 8.33. The summed E-state index contributed by atoms with van der Waals surface area (Å²) < 4.78 is 16.5. The molecule has 2 atom stereocenters. The Morgan fingerprint density at radius 2 is 2.09 bits per heavy atom. The summed E-state index contributed by atoms with van der Waals surface area (Å²) in [6, 6.07) is 10.0. The third-order valence-electron chi connectivity index (χ3n) is 3.65. The Kier molecular flexibility index (Phi) is 8.75. The van der Waals surface area contributed by atoms with E-state index in [2.05, 4.69) is 11.8 Å². The average Bonchev–Trinajstić information content (AvgIpc) is 2.60. The van der Waals surface area contributed by atoms with Crippen LogP contribution < -0.4 is 0 Å². The first-order chi connectivity index (χ1) is 11.3. The molecule has 1 aromatic rings. The monoisotopic (exact) mass is 318 g/mol. The standard InChI is InChI=1S/C19H26O4/c20-18(12-15-21-16-17-8-2-1-3-9-17)10-4-6-13-22-19-11-5-7-14-23-19/h1-3,8-9,18-20H,5,7,10-16H2/t18-,19?/m0/s1. The smallest absolute Gasteiger partial charge is 0.158 e. The fourth-order valence-corrected chi connectivity index (χ4v) is 2.30. The summed E-state index contributed by atoms with van der Waals surface area (Å²) >= 11 is 0. The maximum Gasteiger partial charge on any atom is 0.158 e. The van der Waals surface area contributed by atoms with E-state index in [4.69, 9.17) is 14.2 Å². The largest absolute Gasteiger partial charge is 0.392 e.